The number of nitrogens with one attached hydrogen (secondary N) is 1. The van der Waals surface area contributed by atoms with E-state index in [-0.39, 0.29) is 11.7 Å². The normalized spacial score (nSPS) is 10.5. The van der Waals surface area contributed by atoms with Crippen LogP contribution in [0.3, 0.4) is 0 Å². The average molecular weight is 418 g/mol. The molecular formula is C24H22N2O5. The molecule has 31 heavy (non-hydrogen) atoms. The highest BCUT2D eigenvalue weighted by molar-refractivity contribution is 6.11. The van der Waals surface area contributed by atoms with Crippen molar-refractivity contribution in [1.29, 1.82) is 0 Å². The number of aromatic nitrogens is 1. The lowest BCUT2D eigenvalue weighted by Gasteiger charge is -2.13. The van der Waals surface area contributed by atoms with Crippen molar-refractivity contribution in [2.75, 3.05) is 26.6 Å². The SMILES string of the molecule is COc1cc(OC)c(C(=O)/C=C/c2ccc(C(=O)Nc3cccnc3)cc2)c(OC)c1. The number of pyridine rings is 1. The molecule has 0 atom stereocenters. The smallest absolute Gasteiger partial charge is 0.255 e. The number of ether oxygens (including phenoxy) is 3. The lowest BCUT2D eigenvalue weighted by Crippen LogP contribution is -2.11. The third-order valence-electron chi connectivity index (χ3n) is 4.48. The fourth-order valence-corrected chi connectivity index (χ4v) is 2.89. The number of carbonyl (C=O) groups excluding carboxylic acids is 2. The first-order valence-electron chi connectivity index (χ1n) is 9.39. The van der Waals surface area contributed by atoms with Gasteiger partial charge in [0, 0.05) is 23.9 Å². The molecular weight excluding hydrogens is 396 g/mol. The highest BCUT2D eigenvalue weighted by atomic mass is 16.5. The number of anilines is 1. The number of ketones is 1. The monoisotopic (exact) mass is 418 g/mol. The summed E-state index contributed by atoms with van der Waals surface area (Å²) < 4.78 is 15.9. The molecule has 0 saturated carbocycles. The van der Waals surface area contributed by atoms with E-state index < -0.39 is 0 Å². The number of allylic oxidation sites excluding steroid dienone is 1. The van der Waals surface area contributed by atoms with Crippen LogP contribution in [0.15, 0.2) is 67.0 Å². The van der Waals surface area contributed by atoms with Crippen molar-refractivity contribution < 1.29 is 23.8 Å². The Morgan fingerprint density at radius 2 is 1.61 bits per heavy atom. The van der Waals surface area contributed by atoms with Crippen molar-refractivity contribution in [2.24, 2.45) is 0 Å². The molecule has 0 fully saturated rings. The van der Waals surface area contributed by atoms with Gasteiger partial charge in [0.1, 0.15) is 22.8 Å². The largest absolute Gasteiger partial charge is 0.496 e. The first kappa shape index (κ1) is 21.6. The van der Waals surface area contributed by atoms with Crippen molar-refractivity contribution in [2.45, 2.75) is 0 Å². The fraction of sp³-hybridized carbons (Fsp3) is 0.125. The van der Waals surface area contributed by atoms with E-state index in [9.17, 15) is 9.59 Å². The lowest BCUT2D eigenvalue weighted by molar-refractivity contribution is 0.102. The Hall–Kier alpha value is -4.13. The molecule has 0 bridgehead atoms. The van der Waals surface area contributed by atoms with Gasteiger partial charge in [-0.05, 0) is 35.9 Å². The predicted octanol–water partition coefficient (Wildman–Crippen LogP) is 4.26. The van der Waals surface area contributed by atoms with Crippen LogP contribution in [-0.4, -0.2) is 38.0 Å². The van der Waals surface area contributed by atoms with Gasteiger partial charge in [-0.25, -0.2) is 0 Å². The summed E-state index contributed by atoms with van der Waals surface area (Å²) in [6, 6.07) is 13.6. The number of hydrogen-bond acceptors (Lipinski definition) is 6. The molecule has 158 valence electrons. The van der Waals surface area contributed by atoms with E-state index in [0.29, 0.717) is 34.1 Å². The molecule has 0 aliphatic heterocycles. The van der Waals surface area contributed by atoms with E-state index in [0.717, 1.165) is 5.56 Å². The minimum Gasteiger partial charge on any atom is -0.496 e. The first-order chi connectivity index (χ1) is 15.0. The number of amides is 1. The summed E-state index contributed by atoms with van der Waals surface area (Å²) in [7, 11) is 4.48. The Morgan fingerprint density at radius 3 is 2.16 bits per heavy atom. The molecule has 1 N–H and O–H groups in total. The molecule has 0 unspecified atom stereocenters. The summed E-state index contributed by atoms with van der Waals surface area (Å²) in [5, 5.41) is 2.77. The van der Waals surface area contributed by atoms with Gasteiger partial charge in [-0.15, -0.1) is 0 Å². The van der Waals surface area contributed by atoms with Gasteiger partial charge in [0.15, 0.2) is 5.78 Å². The minimum absolute atomic E-state index is 0.243. The van der Waals surface area contributed by atoms with Gasteiger partial charge in [0.2, 0.25) is 0 Å². The first-order valence-corrected chi connectivity index (χ1v) is 9.39. The molecule has 2 aromatic carbocycles. The van der Waals surface area contributed by atoms with E-state index >= 15 is 0 Å². The molecule has 3 aromatic rings. The van der Waals surface area contributed by atoms with E-state index in [4.69, 9.17) is 14.2 Å². The second-order valence-electron chi connectivity index (χ2n) is 6.42. The number of carbonyl (C=O) groups is 2. The van der Waals surface area contributed by atoms with Crippen molar-refractivity contribution in [3.05, 3.63) is 83.7 Å². The predicted molar refractivity (Wildman–Crippen MR) is 118 cm³/mol. The molecule has 1 heterocycles. The summed E-state index contributed by atoms with van der Waals surface area (Å²) in [5.41, 5.74) is 2.17. The highest BCUT2D eigenvalue weighted by Crippen LogP contribution is 2.34. The van der Waals surface area contributed by atoms with Crippen molar-refractivity contribution >= 4 is 23.5 Å². The van der Waals surface area contributed by atoms with Crippen LogP contribution in [0.5, 0.6) is 17.2 Å². The zero-order chi connectivity index (χ0) is 22.2. The highest BCUT2D eigenvalue weighted by Gasteiger charge is 2.18. The van der Waals surface area contributed by atoms with Gasteiger partial charge >= 0.3 is 0 Å². The topological polar surface area (TPSA) is 86.8 Å². The summed E-state index contributed by atoms with van der Waals surface area (Å²) >= 11 is 0. The van der Waals surface area contributed by atoms with E-state index in [1.807, 2.05) is 0 Å². The molecule has 3 rings (SSSR count). The Kier molecular flexibility index (Phi) is 7.01. The second kappa shape index (κ2) is 10.1. The molecule has 7 nitrogen and oxygen atoms in total. The zero-order valence-electron chi connectivity index (χ0n) is 17.4. The molecule has 7 heteroatoms. The summed E-state index contributed by atoms with van der Waals surface area (Å²) in [5.74, 6) is 0.706. The molecule has 1 amide bonds. The van der Waals surface area contributed by atoms with Gasteiger partial charge < -0.3 is 19.5 Å². The standard InChI is InChI=1S/C24H22N2O5/c1-29-19-13-21(30-2)23(22(14-19)31-3)20(27)11-8-16-6-9-17(10-7-16)24(28)26-18-5-4-12-25-15-18/h4-15H,1-3H3,(H,26,28)/b11-8+. The lowest BCUT2D eigenvalue weighted by atomic mass is 10.1. The van der Waals surface area contributed by atoms with Crippen molar-refractivity contribution in [3.8, 4) is 17.2 Å². The summed E-state index contributed by atoms with van der Waals surface area (Å²) in [4.78, 5) is 29.1. The van der Waals surface area contributed by atoms with Gasteiger partial charge in [-0.3, -0.25) is 14.6 Å². The van der Waals surface area contributed by atoms with Gasteiger partial charge in [0.25, 0.3) is 5.91 Å². The van der Waals surface area contributed by atoms with Gasteiger partial charge in [-0.2, -0.15) is 0 Å². The maximum Gasteiger partial charge on any atom is 0.255 e. The minimum atomic E-state index is -0.283. The Bertz CT molecular complexity index is 1070. The van der Waals surface area contributed by atoms with E-state index in [1.54, 1.807) is 67.0 Å². The number of rotatable bonds is 8. The van der Waals surface area contributed by atoms with Crippen LogP contribution in [0.2, 0.25) is 0 Å². The second-order valence-corrected chi connectivity index (χ2v) is 6.42. The average Bonchev–Trinajstić information content (AvgIpc) is 2.82. The van der Waals surface area contributed by atoms with E-state index in [1.165, 1.54) is 27.4 Å². The van der Waals surface area contributed by atoms with Crippen molar-refractivity contribution in [3.63, 3.8) is 0 Å². The van der Waals surface area contributed by atoms with Crippen LogP contribution in [0.4, 0.5) is 5.69 Å². The third kappa shape index (κ3) is 5.27. The number of benzene rings is 2. The number of nitrogens with zero attached hydrogens (tertiary/aromatic N) is 1. The van der Waals surface area contributed by atoms with E-state index in [2.05, 4.69) is 10.3 Å². The summed E-state index contributed by atoms with van der Waals surface area (Å²) in [6.45, 7) is 0. The molecule has 0 aliphatic rings. The van der Waals surface area contributed by atoms with Crippen LogP contribution in [0, 0.1) is 0 Å². The Labute approximate surface area is 180 Å². The van der Waals surface area contributed by atoms with Crippen LogP contribution in [-0.2, 0) is 0 Å². The molecule has 0 radical (unpaired) electrons. The van der Waals surface area contributed by atoms with Gasteiger partial charge in [-0.1, -0.05) is 18.2 Å². The van der Waals surface area contributed by atoms with Crippen LogP contribution in [0.1, 0.15) is 26.3 Å². The Balaban J connectivity index is 1.75. The maximum absolute atomic E-state index is 12.8. The quantitative estimate of drug-likeness (QED) is 0.435. The third-order valence-corrected chi connectivity index (χ3v) is 4.48. The van der Waals surface area contributed by atoms with Crippen LogP contribution < -0.4 is 19.5 Å². The maximum atomic E-state index is 12.8. The Morgan fingerprint density at radius 1 is 0.935 bits per heavy atom. The fourth-order valence-electron chi connectivity index (χ4n) is 2.89. The molecule has 0 spiro atoms. The van der Waals surface area contributed by atoms with Crippen LogP contribution in [0.25, 0.3) is 6.08 Å². The molecule has 0 saturated heterocycles. The molecule has 1 aromatic heterocycles. The number of hydrogen-bond donors (Lipinski definition) is 1. The van der Waals surface area contributed by atoms with Gasteiger partial charge in [0.05, 0.1) is 33.2 Å². The molecule has 0 aliphatic carbocycles. The summed E-state index contributed by atoms with van der Waals surface area (Å²) in [6.07, 6.45) is 6.29. The zero-order valence-corrected chi connectivity index (χ0v) is 17.4. The van der Waals surface area contributed by atoms with Crippen molar-refractivity contribution in [1.82, 2.24) is 4.98 Å². The van der Waals surface area contributed by atoms with Crippen LogP contribution >= 0.6 is 0 Å². The number of methoxy groups -OCH3 is 3.